The Hall–Kier alpha value is -1.89. The van der Waals surface area contributed by atoms with Crippen molar-refractivity contribution < 1.29 is 4.79 Å². The first-order valence-corrected chi connectivity index (χ1v) is 7.85. The molecule has 2 aliphatic rings. The molecule has 0 aliphatic carbocycles. The predicted molar refractivity (Wildman–Crippen MR) is 86.1 cm³/mol. The Morgan fingerprint density at radius 2 is 2.05 bits per heavy atom. The highest BCUT2D eigenvalue weighted by atomic mass is 16.2. The van der Waals surface area contributed by atoms with Gasteiger partial charge in [-0.25, -0.2) is 14.8 Å². The van der Waals surface area contributed by atoms with Crippen LogP contribution in [-0.4, -0.2) is 71.6 Å². The van der Waals surface area contributed by atoms with E-state index in [2.05, 4.69) is 27.1 Å². The van der Waals surface area contributed by atoms with Crippen LogP contribution >= 0.6 is 0 Å². The Bertz CT molecular complexity index is 531. The van der Waals surface area contributed by atoms with Gasteiger partial charge >= 0.3 is 6.03 Å². The largest absolute Gasteiger partial charge is 0.347 e. The number of fused-ring (bicyclic) bond motifs is 1. The molecule has 7 nitrogen and oxygen atoms in total. The average Bonchev–Trinajstić information content (AvgIpc) is 2.94. The number of hydrogen-bond acceptors (Lipinski definition) is 5. The Morgan fingerprint density at radius 3 is 2.73 bits per heavy atom. The topological polar surface area (TPSA) is 64.6 Å². The van der Waals surface area contributed by atoms with Gasteiger partial charge in [0.15, 0.2) is 0 Å². The number of hydrogen-bond donors (Lipinski definition) is 1. The minimum absolute atomic E-state index is 0.0553. The summed E-state index contributed by atoms with van der Waals surface area (Å²) in [7, 11) is 3.77. The van der Waals surface area contributed by atoms with Crippen molar-refractivity contribution in [2.45, 2.75) is 31.8 Å². The van der Waals surface area contributed by atoms with Crippen LogP contribution in [-0.2, 0) is 0 Å². The van der Waals surface area contributed by atoms with Crippen molar-refractivity contribution in [2.24, 2.45) is 0 Å². The summed E-state index contributed by atoms with van der Waals surface area (Å²) in [5.41, 5.74) is 0.636. The van der Waals surface area contributed by atoms with Gasteiger partial charge in [-0.15, -0.1) is 0 Å². The lowest BCUT2D eigenvalue weighted by molar-refractivity contribution is 0.0861. The molecule has 7 heteroatoms. The number of nitrogens with one attached hydrogen (secondary N) is 1. The van der Waals surface area contributed by atoms with Gasteiger partial charge in [0, 0.05) is 39.3 Å². The summed E-state index contributed by atoms with van der Waals surface area (Å²) in [5.74, 6) is 0.630. The summed E-state index contributed by atoms with van der Waals surface area (Å²) in [4.78, 5) is 27.2. The van der Waals surface area contributed by atoms with Gasteiger partial charge < -0.3 is 15.1 Å². The summed E-state index contributed by atoms with van der Waals surface area (Å²) in [5, 5.41) is 2.91. The number of carbonyl (C=O) groups is 1. The van der Waals surface area contributed by atoms with Crippen molar-refractivity contribution in [3.8, 4) is 0 Å². The third-order valence-corrected chi connectivity index (χ3v) is 4.49. The Labute approximate surface area is 131 Å². The first kappa shape index (κ1) is 15.0. The number of amides is 2. The molecule has 2 atom stereocenters. The van der Waals surface area contributed by atoms with Crippen LogP contribution in [0.1, 0.15) is 19.8 Å². The van der Waals surface area contributed by atoms with Gasteiger partial charge in [0.25, 0.3) is 0 Å². The predicted octanol–water partition coefficient (Wildman–Crippen LogP) is 1.24. The van der Waals surface area contributed by atoms with E-state index in [1.807, 2.05) is 23.9 Å². The zero-order valence-corrected chi connectivity index (χ0v) is 13.5. The van der Waals surface area contributed by atoms with Gasteiger partial charge in [-0.3, -0.25) is 4.90 Å². The van der Waals surface area contributed by atoms with Gasteiger partial charge in [-0.05, 0) is 26.3 Å². The highest BCUT2D eigenvalue weighted by Gasteiger charge is 2.36. The molecule has 120 valence electrons. The van der Waals surface area contributed by atoms with Crippen LogP contribution in [0.5, 0.6) is 0 Å². The van der Waals surface area contributed by atoms with Gasteiger partial charge in [0.1, 0.15) is 0 Å². The van der Waals surface area contributed by atoms with Gasteiger partial charge in [0.2, 0.25) is 5.95 Å². The fourth-order valence-electron chi connectivity index (χ4n) is 3.28. The van der Waals surface area contributed by atoms with E-state index in [0.717, 1.165) is 13.1 Å². The fourth-order valence-corrected chi connectivity index (χ4v) is 3.28. The fraction of sp³-hybridized carbons (Fsp3) is 0.667. The average molecular weight is 304 g/mol. The number of piperazine rings is 1. The van der Waals surface area contributed by atoms with Crippen LogP contribution in [0.4, 0.5) is 16.4 Å². The number of rotatable bonds is 2. The molecule has 2 amide bonds. The van der Waals surface area contributed by atoms with E-state index in [0.29, 0.717) is 17.7 Å². The molecule has 3 rings (SSSR count). The quantitative estimate of drug-likeness (QED) is 0.890. The van der Waals surface area contributed by atoms with Crippen LogP contribution in [0.2, 0.25) is 0 Å². The molecule has 1 aromatic heterocycles. The second-order valence-corrected chi connectivity index (χ2v) is 6.39. The first-order chi connectivity index (χ1) is 10.5. The monoisotopic (exact) mass is 304 g/mol. The minimum atomic E-state index is -0.0553. The Balaban J connectivity index is 1.63. The van der Waals surface area contributed by atoms with Gasteiger partial charge in [0.05, 0.1) is 18.1 Å². The Kier molecular flexibility index (Phi) is 4.15. The zero-order chi connectivity index (χ0) is 15.7. The van der Waals surface area contributed by atoms with Crippen molar-refractivity contribution in [1.29, 1.82) is 0 Å². The van der Waals surface area contributed by atoms with Gasteiger partial charge in [-0.2, -0.15) is 0 Å². The van der Waals surface area contributed by atoms with Crippen molar-refractivity contribution in [3.63, 3.8) is 0 Å². The SMILES string of the molecule is C[C@H]1CN2CCC[C@@H]2CN1C(=O)Nc1cnc(N(C)C)nc1. The molecular formula is C15H24N6O. The van der Waals surface area contributed by atoms with Crippen LogP contribution < -0.4 is 10.2 Å². The third-order valence-electron chi connectivity index (χ3n) is 4.49. The van der Waals surface area contributed by atoms with Crippen LogP contribution in [0.15, 0.2) is 12.4 Å². The van der Waals surface area contributed by atoms with Crippen molar-refractivity contribution in [1.82, 2.24) is 19.8 Å². The second-order valence-electron chi connectivity index (χ2n) is 6.39. The highest BCUT2D eigenvalue weighted by molar-refractivity contribution is 5.89. The van der Waals surface area contributed by atoms with Crippen LogP contribution in [0.3, 0.4) is 0 Å². The molecule has 0 aromatic carbocycles. The van der Waals surface area contributed by atoms with E-state index in [4.69, 9.17) is 0 Å². The molecule has 0 saturated carbocycles. The number of carbonyl (C=O) groups excluding carboxylic acids is 1. The standard InChI is InChI=1S/C15H24N6O/c1-11-9-20-6-4-5-13(20)10-21(11)15(22)18-12-7-16-14(17-8-12)19(2)3/h7-8,11,13H,4-6,9-10H2,1-3H3,(H,18,22)/t11-,13+/m0/s1. The van der Waals surface area contributed by atoms with E-state index in [1.165, 1.54) is 19.4 Å². The number of nitrogens with zero attached hydrogens (tertiary/aromatic N) is 5. The molecular weight excluding hydrogens is 280 g/mol. The zero-order valence-electron chi connectivity index (χ0n) is 13.5. The van der Waals surface area contributed by atoms with Crippen molar-refractivity contribution in [2.75, 3.05) is 43.9 Å². The van der Waals surface area contributed by atoms with E-state index < -0.39 is 0 Å². The third kappa shape index (κ3) is 2.99. The lowest BCUT2D eigenvalue weighted by Gasteiger charge is -2.42. The second kappa shape index (κ2) is 6.08. The molecule has 1 N–H and O–H groups in total. The lowest BCUT2D eigenvalue weighted by Crippen LogP contribution is -2.57. The van der Waals surface area contributed by atoms with Crippen LogP contribution in [0, 0.1) is 0 Å². The summed E-state index contributed by atoms with van der Waals surface area (Å²) in [6.45, 7) is 5.06. The number of aromatic nitrogens is 2. The molecule has 2 fully saturated rings. The summed E-state index contributed by atoms with van der Waals surface area (Å²) >= 11 is 0. The molecule has 0 spiro atoms. The normalized spacial score (nSPS) is 25.0. The molecule has 1 aromatic rings. The molecule has 22 heavy (non-hydrogen) atoms. The van der Waals surface area contributed by atoms with E-state index in [9.17, 15) is 4.79 Å². The smallest absolute Gasteiger partial charge is 0.322 e. The number of urea groups is 1. The van der Waals surface area contributed by atoms with E-state index >= 15 is 0 Å². The summed E-state index contributed by atoms with van der Waals surface area (Å²) in [6, 6.07) is 0.700. The molecule has 0 radical (unpaired) electrons. The molecule has 2 aliphatic heterocycles. The minimum Gasteiger partial charge on any atom is -0.347 e. The highest BCUT2D eigenvalue weighted by Crippen LogP contribution is 2.25. The summed E-state index contributed by atoms with van der Waals surface area (Å²) < 4.78 is 0. The number of anilines is 2. The van der Waals surface area contributed by atoms with E-state index in [-0.39, 0.29) is 12.1 Å². The van der Waals surface area contributed by atoms with E-state index in [1.54, 1.807) is 12.4 Å². The summed E-state index contributed by atoms with van der Waals surface area (Å²) in [6.07, 6.45) is 5.73. The molecule has 0 unspecified atom stereocenters. The molecule has 2 saturated heterocycles. The molecule has 0 bridgehead atoms. The molecule has 3 heterocycles. The maximum absolute atomic E-state index is 12.5. The first-order valence-electron chi connectivity index (χ1n) is 7.85. The maximum atomic E-state index is 12.5. The Morgan fingerprint density at radius 1 is 1.32 bits per heavy atom. The van der Waals surface area contributed by atoms with Crippen molar-refractivity contribution in [3.05, 3.63) is 12.4 Å². The van der Waals surface area contributed by atoms with Crippen LogP contribution in [0.25, 0.3) is 0 Å². The maximum Gasteiger partial charge on any atom is 0.322 e. The van der Waals surface area contributed by atoms with Crippen molar-refractivity contribution >= 4 is 17.7 Å². The lowest BCUT2D eigenvalue weighted by atomic mass is 10.1. The van der Waals surface area contributed by atoms with Gasteiger partial charge in [-0.1, -0.05) is 0 Å².